The van der Waals surface area contributed by atoms with Crippen molar-refractivity contribution in [1.29, 1.82) is 0 Å². The maximum atomic E-state index is 12.9. The van der Waals surface area contributed by atoms with Crippen molar-refractivity contribution in [3.63, 3.8) is 0 Å². The summed E-state index contributed by atoms with van der Waals surface area (Å²) in [6.07, 6.45) is 5.93. The fraction of sp³-hybridized carbons (Fsp3) is 0.933. The summed E-state index contributed by atoms with van der Waals surface area (Å²) in [5.74, 6) is 0.339. The molecule has 0 aromatic heterocycles. The van der Waals surface area contributed by atoms with Crippen LogP contribution in [0, 0.1) is 0 Å². The zero-order valence-electron chi connectivity index (χ0n) is 12.3. The molecule has 3 unspecified atom stereocenters. The van der Waals surface area contributed by atoms with Gasteiger partial charge in [-0.15, -0.1) is 0 Å². The van der Waals surface area contributed by atoms with E-state index in [2.05, 4.69) is 29.0 Å². The second kappa shape index (κ2) is 5.06. The van der Waals surface area contributed by atoms with Crippen LogP contribution in [-0.4, -0.2) is 59.5 Å². The van der Waals surface area contributed by atoms with Gasteiger partial charge in [-0.05, 0) is 59.0 Å². The Morgan fingerprint density at radius 2 is 2.11 bits per heavy atom. The molecule has 3 fully saturated rings. The molecular formula is C15H27N3O. The van der Waals surface area contributed by atoms with Gasteiger partial charge in [-0.2, -0.15) is 0 Å². The molecule has 3 heterocycles. The molecule has 4 nitrogen and oxygen atoms in total. The van der Waals surface area contributed by atoms with Crippen molar-refractivity contribution in [2.45, 2.75) is 63.6 Å². The number of fused-ring (bicyclic) bond motifs is 1. The number of rotatable bonds is 1. The van der Waals surface area contributed by atoms with Gasteiger partial charge in [0, 0.05) is 25.2 Å². The van der Waals surface area contributed by atoms with Gasteiger partial charge in [0.2, 0.25) is 5.91 Å². The smallest absolute Gasteiger partial charge is 0.242 e. The van der Waals surface area contributed by atoms with Gasteiger partial charge in [0.1, 0.15) is 0 Å². The van der Waals surface area contributed by atoms with Crippen LogP contribution in [0.15, 0.2) is 0 Å². The van der Waals surface area contributed by atoms with Gasteiger partial charge >= 0.3 is 0 Å². The van der Waals surface area contributed by atoms with E-state index in [1.807, 2.05) is 0 Å². The Labute approximate surface area is 116 Å². The van der Waals surface area contributed by atoms with E-state index in [9.17, 15) is 4.79 Å². The molecule has 3 saturated heterocycles. The average Bonchev–Trinajstić information content (AvgIpc) is 2.85. The summed E-state index contributed by atoms with van der Waals surface area (Å²) in [6, 6.07) is 0.981. The molecule has 0 aliphatic carbocycles. The average molecular weight is 265 g/mol. The van der Waals surface area contributed by atoms with Crippen molar-refractivity contribution in [3.8, 4) is 0 Å². The fourth-order valence-electron chi connectivity index (χ4n) is 4.03. The van der Waals surface area contributed by atoms with Crippen LogP contribution in [0.4, 0.5) is 0 Å². The lowest BCUT2D eigenvalue weighted by molar-refractivity contribution is -0.144. The number of hydrogen-bond acceptors (Lipinski definition) is 3. The normalized spacial score (nSPS) is 40.2. The van der Waals surface area contributed by atoms with Crippen LogP contribution in [0.5, 0.6) is 0 Å². The van der Waals surface area contributed by atoms with Gasteiger partial charge in [0.15, 0.2) is 0 Å². The predicted octanol–water partition coefficient (Wildman–Crippen LogP) is 1.21. The van der Waals surface area contributed by atoms with Crippen molar-refractivity contribution < 1.29 is 4.79 Å². The maximum absolute atomic E-state index is 12.9. The predicted molar refractivity (Wildman–Crippen MR) is 76.0 cm³/mol. The Balaban J connectivity index is 1.71. The van der Waals surface area contributed by atoms with E-state index in [4.69, 9.17) is 0 Å². The highest BCUT2D eigenvalue weighted by molar-refractivity contribution is 5.86. The molecule has 1 amide bonds. The second-order valence-corrected chi connectivity index (χ2v) is 6.81. The Kier molecular flexibility index (Phi) is 3.56. The van der Waals surface area contributed by atoms with E-state index in [1.54, 1.807) is 0 Å². The van der Waals surface area contributed by atoms with Crippen LogP contribution in [0.1, 0.15) is 46.0 Å². The molecule has 4 heteroatoms. The monoisotopic (exact) mass is 265 g/mol. The largest absolute Gasteiger partial charge is 0.336 e. The first kappa shape index (κ1) is 13.4. The van der Waals surface area contributed by atoms with E-state index >= 15 is 0 Å². The van der Waals surface area contributed by atoms with Gasteiger partial charge < -0.3 is 10.2 Å². The highest BCUT2D eigenvalue weighted by Gasteiger charge is 2.43. The van der Waals surface area contributed by atoms with Crippen molar-refractivity contribution in [3.05, 3.63) is 0 Å². The molecule has 0 spiro atoms. The summed E-state index contributed by atoms with van der Waals surface area (Å²) in [5.41, 5.74) is -0.312. The van der Waals surface area contributed by atoms with Crippen molar-refractivity contribution >= 4 is 5.91 Å². The Morgan fingerprint density at radius 1 is 1.26 bits per heavy atom. The topological polar surface area (TPSA) is 35.6 Å². The van der Waals surface area contributed by atoms with Crippen LogP contribution >= 0.6 is 0 Å². The number of hydrogen-bond donors (Lipinski definition) is 1. The van der Waals surface area contributed by atoms with E-state index < -0.39 is 0 Å². The minimum atomic E-state index is -0.312. The van der Waals surface area contributed by atoms with Crippen molar-refractivity contribution in [2.75, 3.05) is 26.2 Å². The lowest BCUT2D eigenvalue weighted by Gasteiger charge is -2.46. The Morgan fingerprint density at radius 3 is 2.84 bits per heavy atom. The molecule has 0 aromatic carbocycles. The Bertz CT molecular complexity index is 351. The first-order chi connectivity index (χ1) is 9.10. The Hall–Kier alpha value is -0.610. The van der Waals surface area contributed by atoms with Gasteiger partial charge in [0.25, 0.3) is 0 Å². The highest BCUT2D eigenvalue weighted by Crippen LogP contribution is 2.28. The summed E-state index contributed by atoms with van der Waals surface area (Å²) in [4.78, 5) is 17.7. The summed E-state index contributed by atoms with van der Waals surface area (Å²) in [7, 11) is 0. The molecule has 3 atom stereocenters. The zero-order valence-corrected chi connectivity index (χ0v) is 12.3. The quantitative estimate of drug-likeness (QED) is 0.774. The summed E-state index contributed by atoms with van der Waals surface area (Å²) < 4.78 is 0. The first-order valence-corrected chi connectivity index (χ1v) is 7.90. The molecule has 0 radical (unpaired) electrons. The van der Waals surface area contributed by atoms with Crippen LogP contribution in [-0.2, 0) is 4.79 Å². The number of piperazine rings is 1. The van der Waals surface area contributed by atoms with E-state index in [0.29, 0.717) is 18.0 Å². The SMILES string of the molecule is CC1CN2CCCC2CN1C(=O)C1(C)CCCCN1. The third-order valence-electron chi connectivity index (χ3n) is 5.29. The molecular weight excluding hydrogens is 238 g/mol. The third kappa shape index (κ3) is 2.40. The molecule has 1 N–H and O–H groups in total. The highest BCUT2D eigenvalue weighted by atomic mass is 16.2. The van der Waals surface area contributed by atoms with Crippen LogP contribution < -0.4 is 5.32 Å². The maximum Gasteiger partial charge on any atom is 0.242 e. The lowest BCUT2D eigenvalue weighted by Crippen LogP contribution is -2.64. The number of nitrogens with one attached hydrogen (secondary N) is 1. The molecule has 19 heavy (non-hydrogen) atoms. The molecule has 0 aromatic rings. The lowest BCUT2D eigenvalue weighted by atomic mass is 9.88. The van der Waals surface area contributed by atoms with Gasteiger partial charge in [0.05, 0.1) is 5.54 Å². The van der Waals surface area contributed by atoms with Crippen LogP contribution in [0.2, 0.25) is 0 Å². The van der Waals surface area contributed by atoms with Gasteiger partial charge in [-0.25, -0.2) is 0 Å². The molecule has 0 bridgehead atoms. The van der Waals surface area contributed by atoms with Gasteiger partial charge in [-0.1, -0.05) is 0 Å². The number of carbonyl (C=O) groups excluding carboxylic acids is 1. The van der Waals surface area contributed by atoms with Crippen molar-refractivity contribution in [1.82, 2.24) is 15.1 Å². The van der Waals surface area contributed by atoms with E-state index in [-0.39, 0.29) is 5.54 Å². The number of carbonyl (C=O) groups is 1. The zero-order chi connectivity index (χ0) is 13.5. The summed E-state index contributed by atoms with van der Waals surface area (Å²) in [5, 5.41) is 3.47. The van der Waals surface area contributed by atoms with Crippen LogP contribution in [0.25, 0.3) is 0 Å². The van der Waals surface area contributed by atoms with Crippen LogP contribution in [0.3, 0.4) is 0 Å². The van der Waals surface area contributed by atoms with E-state index in [0.717, 1.165) is 26.1 Å². The standard InChI is InChI=1S/C15H27N3O/c1-12-10-17-9-5-6-13(17)11-18(12)14(19)15(2)7-3-4-8-16-15/h12-13,16H,3-11H2,1-2H3. The summed E-state index contributed by atoms with van der Waals surface area (Å²) in [6.45, 7) is 8.52. The third-order valence-corrected chi connectivity index (χ3v) is 5.29. The molecule has 3 aliphatic heterocycles. The second-order valence-electron chi connectivity index (χ2n) is 6.81. The minimum Gasteiger partial charge on any atom is -0.336 e. The van der Waals surface area contributed by atoms with Gasteiger partial charge in [-0.3, -0.25) is 9.69 Å². The molecule has 3 aliphatic rings. The number of piperidine rings is 1. The molecule has 0 saturated carbocycles. The minimum absolute atomic E-state index is 0.312. The molecule has 108 valence electrons. The summed E-state index contributed by atoms with van der Waals surface area (Å²) >= 11 is 0. The molecule has 3 rings (SSSR count). The first-order valence-electron chi connectivity index (χ1n) is 7.90. The van der Waals surface area contributed by atoms with Crippen molar-refractivity contribution in [2.24, 2.45) is 0 Å². The van der Waals surface area contributed by atoms with E-state index in [1.165, 1.54) is 32.2 Å². The number of nitrogens with zero attached hydrogens (tertiary/aromatic N) is 2. The fourth-order valence-corrected chi connectivity index (χ4v) is 4.03. The number of amides is 1.